The van der Waals surface area contributed by atoms with Crippen LogP contribution in [0.1, 0.15) is 38.3 Å². The predicted molar refractivity (Wildman–Crippen MR) is 113 cm³/mol. The number of allylic oxidation sites excluding steroid dienone is 2. The molecular weight excluding hydrogens is 400 g/mol. The fraction of sp³-hybridized carbons (Fsp3) is 0.318. The van der Waals surface area contributed by atoms with Crippen LogP contribution in [0.15, 0.2) is 47.0 Å². The quantitative estimate of drug-likeness (QED) is 0.662. The number of carbonyl (C=O) groups excluding carboxylic acids is 1. The van der Waals surface area contributed by atoms with E-state index in [9.17, 15) is 4.79 Å². The highest BCUT2D eigenvalue weighted by molar-refractivity contribution is 7.13. The van der Waals surface area contributed by atoms with E-state index in [1.807, 2.05) is 40.4 Å². The Bertz CT molecular complexity index is 1210. The standard InChI is InChI=1S/C22H20N4O3S/c1-22(2)9-13-18(14(27)10-22)19(12-5-6-15-16(8-12)29-11-28-15)26-21(23-13)24-20(25-26)17-4-3-7-30-17/h3-8,19H,9-11H2,1-2H3,(H,23,24,25). The monoisotopic (exact) mass is 420 g/mol. The predicted octanol–water partition coefficient (Wildman–Crippen LogP) is 4.39. The zero-order valence-corrected chi connectivity index (χ0v) is 17.5. The highest BCUT2D eigenvalue weighted by Crippen LogP contribution is 2.47. The third-order valence-corrected chi connectivity index (χ3v) is 6.65. The molecule has 4 heterocycles. The third-order valence-electron chi connectivity index (χ3n) is 5.79. The molecule has 1 unspecified atom stereocenters. The van der Waals surface area contributed by atoms with Crippen LogP contribution in [0.25, 0.3) is 10.7 Å². The normalized spacial score (nSPS) is 21.3. The van der Waals surface area contributed by atoms with E-state index >= 15 is 0 Å². The lowest BCUT2D eigenvalue weighted by Gasteiger charge is -2.38. The van der Waals surface area contributed by atoms with E-state index in [0.717, 1.165) is 33.9 Å². The molecule has 1 atom stereocenters. The van der Waals surface area contributed by atoms with E-state index in [0.29, 0.717) is 23.9 Å². The number of carbonyl (C=O) groups is 1. The van der Waals surface area contributed by atoms with Crippen molar-refractivity contribution in [3.05, 3.63) is 52.5 Å². The highest BCUT2D eigenvalue weighted by Gasteiger charge is 2.42. The van der Waals surface area contributed by atoms with Crippen molar-refractivity contribution in [3.8, 4) is 22.2 Å². The van der Waals surface area contributed by atoms with E-state index in [4.69, 9.17) is 19.6 Å². The van der Waals surface area contributed by atoms with Crippen LogP contribution in [0.3, 0.4) is 0 Å². The lowest BCUT2D eigenvalue weighted by Crippen LogP contribution is -2.36. The number of aromatic nitrogens is 3. The van der Waals surface area contributed by atoms with Gasteiger partial charge in [-0.3, -0.25) is 4.79 Å². The topological polar surface area (TPSA) is 78.3 Å². The molecule has 0 bridgehead atoms. The number of ketones is 1. The number of hydrogen-bond acceptors (Lipinski definition) is 7. The molecule has 0 spiro atoms. The van der Waals surface area contributed by atoms with Gasteiger partial charge in [0.2, 0.25) is 12.7 Å². The average Bonchev–Trinajstić information content (AvgIpc) is 3.43. The van der Waals surface area contributed by atoms with Crippen LogP contribution in [-0.2, 0) is 4.79 Å². The Balaban J connectivity index is 1.54. The first kappa shape index (κ1) is 17.7. The van der Waals surface area contributed by atoms with Gasteiger partial charge in [-0.2, -0.15) is 4.98 Å². The molecule has 1 aliphatic carbocycles. The Kier molecular flexibility index (Phi) is 3.65. The number of anilines is 1. The van der Waals surface area contributed by atoms with Crippen LogP contribution < -0.4 is 14.8 Å². The van der Waals surface area contributed by atoms with Gasteiger partial charge in [0.1, 0.15) is 6.04 Å². The van der Waals surface area contributed by atoms with E-state index in [1.54, 1.807) is 11.3 Å². The minimum absolute atomic E-state index is 0.0961. The van der Waals surface area contributed by atoms with Crippen molar-refractivity contribution in [2.75, 3.05) is 12.1 Å². The number of Topliss-reactive ketones (excluding diaryl/α,β-unsaturated/α-hetero) is 1. The first-order valence-corrected chi connectivity index (χ1v) is 10.8. The van der Waals surface area contributed by atoms with Crippen LogP contribution in [0.2, 0.25) is 0 Å². The minimum atomic E-state index is -0.351. The van der Waals surface area contributed by atoms with Gasteiger partial charge in [0.25, 0.3) is 0 Å². The molecule has 3 aliphatic rings. The Hall–Kier alpha value is -3.13. The van der Waals surface area contributed by atoms with Gasteiger partial charge in [0, 0.05) is 17.7 Å². The van der Waals surface area contributed by atoms with Crippen molar-refractivity contribution in [1.82, 2.24) is 14.8 Å². The van der Waals surface area contributed by atoms with E-state index in [1.165, 1.54) is 0 Å². The molecule has 0 radical (unpaired) electrons. The molecule has 6 rings (SSSR count). The summed E-state index contributed by atoms with van der Waals surface area (Å²) in [7, 11) is 0. The number of thiophene rings is 1. The van der Waals surface area contributed by atoms with Gasteiger partial charge in [0.15, 0.2) is 23.1 Å². The molecule has 0 saturated heterocycles. The molecule has 152 valence electrons. The molecule has 2 aliphatic heterocycles. The maximum Gasteiger partial charge on any atom is 0.231 e. The van der Waals surface area contributed by atoms with E-state index in [-0.39, 0.29) is 24.0 Å². The van der Waals surface area contributed by atoms with Crippen molar-refractivity contribution in [3.63, 3.8) is 0 Å². The molecule has 8 heteroatoms. The van der Waals surface area contributed by atoms with Crippen LogP contribution in [0.5, 0.6) is 11.5 Å². The molecule has 0 fully saturated rings. The van der Waals surface area contributed by atoms with Crippen LogP contribution in [-0.4, -0.2) is 27.3 Å². The second kappa shape index (κ2) is 6.18. The zero-order valence-electron chi connectivity index (χ0n) is 16.6. The first-order chi connectivity index (χ1) is 14.5. The summed E-state index contributed by atoms with van der Waals surface area (Å²) in [6, 6.07) is 9.47. The number of benzene rings is 1. The number of fused-ring (bicyclic) bond motifs is 2. The van der Waals surface area contributed by atoms with Crippen molar-refractivity contribution in [1.29, 1.82) is 0 Å². The number of hydrogen-bond donors (Lipinski definition) is 1. The van der Waals surface area contributed by atoms with Gasteiger partial charge in [-0.1, -0.05) is 26.0 Å². The third kappa shape index (κ3) is 2.67. The Morgan fingerprint density at radius 3 is 2.90 bits per heavy atom. The maximum absolute atomic E-state index is 13.3. The van der Waals surface area contributed by atoms with Crippen molar-refractivity contribution in [2.24, 2.45) is 5.41 Å². The minimum Gasteiger partial charge on any atom is -0.454 e. The van der Waals surface area contributed by atoms with E-state index in [2.05, 4.69) is 19.2 Å². The second-order valence-corrected chi connectivity index (χ2v) is 9.60. The second-order valence-electron chi connectivity index (χ2n) is 8.65. The number of ether oxygens (including phenoxy) is 2. The highest BCUT2D eigenvalue weighted by atomic mass is 32.1. The lowest BCUT2D eigenvalue weighted by molar-refractivity contribution is -0.118. The van der Waals surface area contributed by atoms with Gasteiger partial charge in [-0.25, -0.2) is 4.68 Å². The van der Waals surface area contributed by atoms with Crippen LogP contribution >= 0.6 is 11.3 Å². The fourth-order valence-corrected chi connectivity index (χ4v) is 5.16. The SMILES string of the molecule is CC1(C)CC(=O)C2=C(C1)Nc1nc(-c3cccs3)nn1C2c1ccc2c(c1)OCO2. The van der Waals surface area contributed by atoms with Crippen LogP contribution in [0.4, 0.5) is 5.95 Å². The van der Waals surface area contributed by atoms with Gasteiger partial charge in [0.05, 0.1) is 4.88 Å². The van der Waals surface area contributed by atoms with Gasteiger partial charge in [-0.15, -0.1) is 16.4 Å². The molecule has 3 aromatic rings. The first-order valence-electron chi connectivity index (χ1n) is 9.92. The van der Waals surface area contributed by atoms with E-state index < -0.39 is 0 Å². The number of nitrogens with zero attached hydrogens (tertiary/aromatic N) is 3. The van der Waals surface area contributed by atoms with Crippen LogP contribution in [0, 0.1) is 5.41 Å². The number of nitrogens with one attached hydrogen (secondary N) is 1. The Morgan fingerprint density at radius 2 is 2.07 bits per heavy atom. The average molecular weight is 420 g/mol. The van der Waals surface area contributed by atoms with Crippen molar-refractivity contribution in [2.45, 2.75) is 32.7 Å². The summed E-state index contributed by atoms with van der Waals surface area (Å²) in [6.45, 7) is 4.47. The summed E-state index contributed by atoms with van der Waals surface area (Å²) < 4.78 is 12.9. The summed E-state index contributed by atoms with van der Waals surface area (Å²) in [4.78, 5) is 19.0. The summed E-state index contributed by atoms with van der Waals surface area (Å²) in [5.74, 6) is 2.87. The molecule has 0 amide bonds. The zero-order chi connectivity index (χ0) is 20.5. The molecular formula is C22H20N4O3S. The molecule has 30 heavy (non-hydrogen) atoms. The number of rotatable bonds is 2. The molecule has 1 N–H and O–H groups in total. The summed E-state index contributed by atoms with van der Waals surface area (Å²) in [6.07, 6.45) is 1.30. The maximum atomic E-state index is 13.3. The van der Waals surface area contributed by atoms with Crippen molar-refractivity contribution < 1.29 is 14.3 Å². The summed E-state index contributed by atoms with van der Waals surface area (Å²) in [5, 5.41) is 10.2. The van der Waals surface area contributed by atoms with Gasteiger partial charge < -0.3 is 14.8 Å². The fourth-order valence-electron chi connectivity index (χ4n) is 4.51. The van der Waals surface area contributed by atoms with Gasteiger partial charge in [-0.05, 0) is 41.0 Å². The molecule has 1 aromatic carbocycles. The Labute approximate surface area is 177 Å². The Morgan fingerprint density at radius 1 is 1.20 bits per heavy atom. The largest absolute Gasteiger partial charge is 0.454 e. The summed E-state index contributed by atoms with van der Waals surface area (Å²) in [5.41, 5.74) is 2.55. The molecule has 0 saturated carbocycles. The molecule has 2 aromatic heterocycles. The summed E-state index contributed by atoms with van der Waals surface area (Å²) >= 11 is 1.60. The van der Waals surface area contributed by atoms with Crippen molar-refractivity contribution >= 4 is 23.1 Å². The smallest absolute Gasteiger partial charge is 0.231 e. The van der Waals surface area contributed by atoms with Gasteiger partial charge >= 0.3 is 0 Å². The lowest BCUT2D eigenvalue weighted by atomic mass is 9.73. The molecule has 7 nitrogen and oxygen atoms in total.